The highest BCUT2D eigenvalue weighted by Gasteiger charge is 2.04. The molecule has 2 N–H and O–H groups in total. The minimum absolute atomic E-state index is 0.936. The SMILES string of the molecule is CCNc1c(C)cnc2[nH]ccc12. The quantitative estimate of drug-likeness (QED) is 0.735. The second-order valence-corrected chi connectivity index (χ2v) is 3.09. The zero-order valence-corrected chi connectivity index (χ0v) is 7.89. The Morgan fingerprint density at radius 1 is 1.54 bits per heavy atom. The van der Waals surface area contributed by atoms with Crippen molar-refractivity contribution in [1.82, 2.24) is 9.97 Å². The van der Waals surface area contributed by atoms with Gasteiger partial charge in [-0.25, -0.2) is 4.98 Å². The molecule has 2 rings (SSSR count). The van der Waals surface area contributed by atoms with Crippen molar-refractivity contribution in [1.29, 1.82) is 0 Å². The Morgan fingerprint density at radius 2 is 2.38 bits per heavy atom. The molecular weight excluding hydrogens is 162 g/mol. The molecular formula is C10H13N3. The van der Waals surface area contributed by atoms with Gasteiger partial charge in [-0.2, -0.15) is 0 Å². The number of hydrogen-bond donors (Lipinski definition) is 2. The van der Waals surface area contributed by atoms with Crippen molar-refractivity contribution in [3.8, 4) is 0 Å². The number of rotatable bonds is 2. The van der Waals surface area contributed by atoms with Gasteiger partial charge in [-0.05, 0) is 25.5 Å². The standard InChI is InChI=1S/C10H13N3/c1-3-11-9-7(2)6-13-10-8(9)4-5-12-10/h4-6H,3H2,1-2H3,(H2,11,12,13). The van der Waals surface area contributed by atoms with E-state index in [9.17, 15) is 0 Å². The fourth-order valence-electron chi connectivity index (χ4n) is 1.52. The van der Waals surface area contributed by atoms with Gasteiger partial charge in [0.2, 0.25) is 0 Å². The molecule has 2 aromatic rings. The van der Waals surface area contributed by atoms with Crippen molar-refractivity contribution in [3.63, 3.8) is 0 Å². The van der Waals surface area contributed by atoms with Gasteiger partial charge in [-0.15, -0.1) is 0 Å². The normalized spacial score (nSPS) is 10.6. The van der Waals surface area contributed by atoms with Crippen LogP contribution in [0.1, 0.15) is 12.5 Å². The lowest BCUT2D eigenvalue weighted by Gasteiger charge is -2.07. The van der Waals surface area contributed by atoms with Crippen LogP contribution in [-0.4, -0.2) is 16.5 Å². The van der Waals surface area contributed by atoms with Gasteiger partial charge < -0.3 is 10.3 Å². The number of hydrogen-bond acceptors (Lipinski definition) is 2. The fraction of sp³-hybridized carbons (Fsp3) is 0.300. The summed E-state index contributed by atoms with van der Waals surface area (Å²) in [6.45, 7) is 5.10. The summed E-state index contributed by atoms with van der Waals surface area (Å²) in [6, 6.07) is 2.05. The van der Waals surface area contributed by atoms with E-state index < -0.39 is 0 Å². The molecule has 0 unspecified atom stereocenters. The van der Waals surface area contributed by atoms with E-state index >= 15 is 0 Å². The zero-order chi connectivity index (χ0) is 9.26. The van der Waals surface area contributed by atoms with Gasteiger partial charge in [-0.1, -0.05) is 0 Å². The van der Waals surface area contributed by atoms with E-state index in [1.807, 2.05) is 18.5 Å². The molecule has 0 radical (unpaired) electrons. The second-order valence-electron chi connectivity index (χ2n) is 3.09. The van der Waals surface area contributed by atoms with E-state index in [0.717, 1.165) is 12.2 Å². The summed E-state index contributed by atoms with van der Waals surface area (Å²) < 4.78 is 0. The smallest absolute Gasteiger partial charge is 0.139 e. The van der Waals surface area contributed by atoms with Crippen LogP contribution in [0.3, 0.4) is 0 Å². The molecule has 0 bridgehead atoms. The van der Waals surface area contributed by atoms with Crippen LogP contribution in [-0.2, 0) is 0 Å². The van der Waals surface area contributed by atoms with Gasteiger partial charge >= 0.3 is 0 Å². The number of aromatic nitrogens is 2. The van der Waals surface area contributed by atoms with Crippen molar-refractivity contribution in [2.45, 2.75) is 13.8 Å². The van der Waals surface area contributed by atoms with Gasteiger partial charge in [0, 0.05) is 30.0 Å². The van der Waals surface area contributed by atoms with Crippen LogP contribution in [0.25, 0.3) is 11.0 Å². The van der Waals surface area contributed by atoms with E-state index in [1.165, 1.54) is 16.6 Å². The number of fused-ring (bicyclic) bond motifs is 1. The van der Waals surface area contributed by atoms with Crippen molar-refractivity contribution in [2.75, 3.05) is 11.9 Å². The summed E-state index contributed by atoms with van der Waals surface area (Å²) >= 11 is 0. The Labute approximate surface area is 77.2 Å². The van der Waals surface area contributed by atoms with Gasteiger partial charge in [0.05, 0.1) is 0 Å². The Balaban J connectivity index is 2.66. The first-order chi connectivity index (χ1) is 6.33. The van der Waals surface area contributed by atoms with Gasteiger partial charge in [0.15, 0.2) is 0 Å². The van der Waals surface area contributed by atoms with Crippen LogP contribution in [0.5, 0.6) is 0 Å². The number of nitrogens with zero attached hydrogens (tertiary/aromatic N) is 1. The predicted octanol–water partition coefficient (Wildman–Crippen LogP) is 2.30. The third-order valence-corrected chi connectivity index (χ3v) is 2.13. The number of anilines is 1. The highest BCUT2D eigenvalue weighted by molar-refractivity contribution is 5.90. The van der Waals surface area contributed by atoms with Gasteiger partial charge in [-0.3, -0.25) is 0 Å². The lowest BCUT2D eigenvalue weighted by atomic mass is 10.2. The van der Waals surface area contributed by atoms with Gasteiger partial charge in [0.25, 0.3) is 0 Å². The molecule has 0 aliphatic heterocycles. The summed E-state index contributed by atoms with van der Waals surface area (Å²) in [5.74, 6) is 0. The summed E-state index contributed by atoms with van der Waals surface area (Å²) in [5.41, 5.74) is 3.32. The maximum absolute atomic E-state index is 4.29. The van der Waals surface area contributed by atoms with Crippen LogP contribution >= 0.6 is 0 Å². The number of aryl methyl sites for hydroxylation is 1. The first-order valence-corrected chi connectivity index (χ1v) is 4.49. The molecule has 0 fully saturated rings. The summed E-state index contributed by atoms with van der Waals surface area (Å²) in [6.07, 6.45) is 3.80. The minimum atomic E-state index is 0.936. The maximum atomic E-state index is 4.29. The summed E-state index contributed by atoms with van der Waals surface area (Å²) in [4.78, 5) is 7.38. The molecule has 0 aliphatic carbocycles. The molecule has 0 aliphatic rings. The molecule has 0 amide bonds. The summed E-state index contributed by atoms with van der Waals surface area (Å²) in [5, 5.41) is 4.51. The largest absolute Gasteiger partial charge is 0.384 e. The van der Waals surface area contributed by atoms with Crippen LogP contribution in [0.15, 0.2) is 18.5 Å². The molecule has 3 nitrogen and oxygen atoms in total. The Morgan fingerprint density at radius 3 is 3.15 bits per heavy atom. The number of H-pyrrole nitrogens is 1. The van der Waals surface area contributed by atoms with Crippen LogP contribution in [0, 0.1) is 6.92 Å². The Hall–Kier alpha value is -1.51. The Bertz CT molecular complexity index is 417. The summed E-state index contributed by atoms with van der Waals surface area (Å²) in [7, 11) is 0. The lowest BCUT2D eigenvalue weighted by Crippen LogP contribution is -1.99. The molecule has 68 valence electrons. The van der Waals surface area contributed by atoms with Crippen molar-refractivity contribution in [2.24, 2.45) is 0 Å². The third-order valence-electron chi connectivity index (χ3n) is 2.13. The monoisotopic (exact) mass is 175 g/mol. The minimum Gasteiger partial charge on any atom is -0.384 e. The van der Waals surface area contributed by atoms with Crippen LogP contribution < -0.4 is 5.32 Å². The zero-order valence-electron chi connectivity index (χ0n) is 7.89. The van der Waals surface area contributed by atoms with E-state index in [-0.39, 0.29) is 0 Å². The average molecular weight is 175 g/mol. The first kappa shape index (κ1) is 8.10. The Kier molecular flexibility index (Phi) is 1.93. The molecule has 0 atom stereocenters. The first-order valence-electron chi connectivity index (χ1n) is 4.49. The fourth-order valence-corrected chi connectivity index (χ4v) is 1.52. The maximum Gasteiger partial charge on any atom is 0.139 e. The second kappa shape index (κ2) is 3.09. The number of aromatic amines is 1. The van der Waals surface area contributed by atoms with Crippen molar-refractivity contribution < 1.29 is 0 Å². The number of nitrogens with one attached hydrogen (secondary N) is 2. The van der Waals surface area contributed by atoms with E-state index in [2.05, 4.69) is 29.1 Å². The predicted molar refractivity (Wildman–Crippen MR) is 55.0 cm³/mol. The van der Waals surface area contributed by atoms with Crippen LogP contribution in [0.2, 0.25) is 0 Å². The van der Waals surface area contributed by atoms with E-state index in [4.69, 9.17) is 0 Å². The molecule has 0 saturated carbocycles. The molecule has 2 aromatic heterocycles. The molecule has 0 aromatic carbocycles. The van der Waals surface area contributed by atoms with E-state index in [1.54, 1.807) is 0 Å². The highest BCUT2D eigenvalue weighted by Crippen LogP contribution is 2.23. The van der Waals surface area contributed by atoms with E-state index in [0.29, 0.717) is 0 Å². The molecule has 0 spiro atoms. The molecule has 3 heteroatoms. The topological polar surface area (TPSA) is 40.7 Å². The third kappa shape index (κ3) is 1.26. The molecule has 2 heterocycles. The molecule has 13 heavy (non-hydrogen) atoms. The highest BCUT2D eigenvalue weighted by atomic mass is 14.9. The number of pyridine rings is 1. The average Bonchev–Trinajstić information content (AvgIpc) is 2.58. The van der Waals surface area contributed by atoms with Gasteiger partial charge in [0.1, 0.15) is 5.65 Å². The molecule has 0 saturated heterocycles. The van der Waals surface area contributed by atoms with Crippen molar-refractivity contribution >= 4 is 16.7 Å². The lowest BCUT2D eigenvalue weighted by molar-refractivity contribution is 1.19. The van der Waals surface area contributed by atoms with Crippen molar-refractivity contribution in [3.05, 3.63) is 24.0 Å². The van der Waals surface area contributed by atoms with Crippen LogP contribution in [0.4, 0.5) is 5.69 Å².